The number of amides is 1. The second kappa shape index (κ2) is 8.09. The van der Waals surface area contributed by atoms with Gasteiger partial charge in [0.15, 0.2) is 11.5 Å². The maximum absolute atomic E-state index is 12.6. The molecule has 128 valence electrons. The lowest BCUT2D eigenvalue weighted by Crippen LogP contribution is -2.45. The predicted octanol–water partition coefficient (Wildman–Crippen LogP) is 3.30. The number of hydrogen-bond donors (Lipinski definition) is 1. The van der Waals surface area contributed by atoms with Gasteiger partial charge in [-0.25, -0.2) is 0 Å². The highest BCUT2D eigenvalue weighted by Crippen LogP contribution is 2.30. The fourth-order valence-corrected chi connectivity index (χ4v) is 3.19. The van der Waals surface area contributed by atoms with Crippen LogP contribution < -0.4 is 14.8 Å². The summed E-state index contributed by atoms with van der Waals surface area (Å²) in [5.74, 6) is 1.46. The van der Waals surface area contributed by atoms with Crippen molar-refractivity contribution < 1.29 is 14.3 Å². The molecule has 0 aliphatic heterocycles. The van der Waals surface area contributed by atoms with Crippen molar-refractivity contribution in [3.63, 3.8) is 0 Å². The molecule has 1 atom stereocenters. The Morgan fingerprint density at radius 3 is 2.43 bits per heavy atom. The second-order valence-corrected chi connectivity index (χ2v) is 6.18. The number of methoxy groups -OCH3 is 2. The number of benzene rings is 1. The number of carbonyl (C=O) groups excluding carboxylic acids is 1. The highest BCUT2D eigenvalue weighted by atomic mass is 16.5. The molecule has 0 saturated heterocycles. The zero-order chi connectivity index (χ0) is 16.8. The first-order chi connectivity index (χ1) is 11.1. The van der Waals surface area contributed by atoms with E-state index in [0.29, 0.717) is 17.5 Å². The lowest BCUT2D eigenvalue weighted by Gasteiger charge is -2.33. The fraction of sp³-hybridized carbons (Fsp3) is 0.611. The summed E-state index contributed by atoms with van der Waals surface area (Å²) < 4.78 is 10.5. The molecular formula is C18H28N2O3. The maximum atomic E-state index is 12.6. The average molecular weight is 320 g/mol. The van der Waals surface area contributed by atoms with Crippen molar-refractivity contribution in [1.29, 1.82) is 0 Å². The Hall–Kier alpha value is -1.91. The number of rotatable bonds is 6. The number of carbonyl (C=O) groups is 1. The van der Waals surface area contributed by atoms with E-state index in [0.717, 1.165) is 18.5 Å². The summed E-state index contributed by atoms with van der Waals surface area (Å²) in [5, 5.41) is 3.26. The van der Waals surface area contributed by atoms with Gasteiger partial charge in [-0.1, -0.05) is 19.3 Å². The van der Waals surface area contributed by atoms with Gasteiger partial charge < -0.3 is 19.7 Å². The molecule has 0 unspecified atom stereocenters. The fourth-order valence-electron chi connectivity index (χ4n) is 3.19. The van der Waals surface area contributed by atoms with Crippen LogP contribution in [-0.4, -0.2) is 44.2 Å². The summed E-state index contributed by atoms with van der Waals surface area (Å²) in [4.78, 5) is 14.5. The molecule has 1 N–H and O–H groups in total. The van der Waals surface area contributed by atoms with Gasteiger partial charge in [0, 0.05) is 24.8 Å². The van der Waals surface area contributed by atoms with E-state index in [4.69, 9.17) is 9.47 Å². The Kier molecular flexibility index (Phi) is 6.13. The minimum absolute atomic E-state index is 0.131. The number of hydrogen-bond acceptors (Lipinski definition) is 4. The van der Waals surface area contributed by atoms with Gasteiger partial charge in [0.2, 0.25) is 5.91 Å². The Labute approximate surface area is 139 Å². The molecule has 0 bridgehead atoms. The largest absolute Gasteiger partial charge is 0.493 e. The third-order valence-electron chi connectivity index (χ3n) is 4.61. The highest BCUT2D eigenvalue weighted by Gasteiger charge is 2.25. The molecule has 1 amide bonds. The monoisotopic (exact) mass is 320 g/mol. The van der Waals surface area contributed by atoms with E-state index in [1.54, 1.807) is 14.2 Å². The summed E-state index contributed by atoms with van der Waals surface area (Å²) in [6.07, 6.45) is 5.97. The lowest BCUT2D eigenvalue weighted by molar-refractivity contribution is -0.133. The van der Waals surface area contributed by atoms with E-state index in [1.807, 2.05) is 37.1 Å². The molecule has 0 aromatic heterocycles. The van der Waals surface area contributed by atoms with Crippen LogP contribution in [0.4, 0.5) is 5.69 Å². The summed E-state index contributed by atoms with van der Waals surface area (Å²) >= 11 is 0. The van der Waals surface area contributed by atoms with Crippen LogP contribution in [0.5, 0.6) is 11.5 Å². The van der Waals surface area contributed by atoms with E-state index in [2.05, 4.69) is 5.32 Å². The number of anilines is 1. The van der Waals surface area contributed by atoms with Crippen LogP contribution in [-0.2, 0) is 4.79 Å². The Balaban J connectivity index is 2.00. The average Bonchev–Trinajstić information content (AvgIpc) is 2.60. The van der Waals surface area contributed by atoms with Gasteiger partial charge in [-0.2, -0.15) is 0 Å². The van der Waals surface area contributed by atoms with Gasteiger partial charge in [-0.3, -0.25) is 4.79 Å². The molecule has 1 aliphatic rings. The molecule has 1 fully saturated rings. The molecule has 1 saturated carbocycles. The van der Waals surface area contributed by atoms with Crippen molar-refractivity contribution in [3.8, 4) is 11.5 Å². The predicted molar refractivity (Wildman–Crippen MR) is 92.3 cm³/mol. The summed E-state index contributed by atoms with van der Waals surface area (Å²) in [7, 11) is 5.13. The van der Waals surface area contributed by atoms with E-state index >= 15 is 0 Å². The van der Waals surface area contributed by atoms with Crippen molar-refractivity contribution >= 4 is 11.6 Å². The number of ether oxygens (including phenoxy) is 2. The SMILES string of the molecule is COc1ccc(N[C@@H](C)C(=O)N(C)C2CCCCC2)cc1OC. The van der Waals surface area contributed by atoms with Crippen molar-refractivity contribution in [3.05, 3.63) is 18.2 Å². The molecule has 1 aromatic rings. The van der Waals surface area contributed by atoms with Gasteiger partial charge in [0.1, 0.15) is 6.04 Å². The topological polar surface area (TPSA) is 50.8 Å². The van der Waals surface area contributed by atoms with Crippen molar-refractivity contribution in [2.45, 2.75) is 51.1 Å². The normalized spacial score (nSPS) is 16.5. The minimum Gasteiger partial charge on any atom is -0.493 e. The van der Waals surface area contributed by atoms with Crippen LogP contribution in [0.15, 0.2) is 18.2 Å². The zero-order valence-corrected chi connectivity index (χ0v) is 14.6. The molecule has 23 heavy (non-hydrogen) atoms. The summed E-state index contributed by atoms with van der Waals surface area (Å²) in [5.41, 5.74) is 0.848. The molecule has 2 rings (SSSR count). The van der Waals surface area contributed by atoms with E-state index in [-0.39, 0.29) is 11.9 Å². The number of nitrogens with one attached hydrogen (secondary N) is 1. The minimum atomic E-state index is -0.278. The quantitative estimate of drug-likeness (QED) is 0.874. The van der Waals surface area contributed by atoms with Crippen molar-refractivity contribution in [2.75, 3.05) is 26.6 Å². The molecule has 5 nitrogen and oxygen atoms in total. The molecule has 0 radical (unpaired) electrons. The summed E-state index contributed by atoms with van der Waals surface area (Å²) in [6, 6.07) is 5.68. The number of nitrogens with zero attached hydrogens (tertiary/aromatic N) is 1. The first-order valence-electron chi connectivity index (χ1n) is 8.32. The molecule has 1 aliphatic carbocycles. The van der Waals surface area contributed by atoms with Crippen molar-refractivity contribution in [1.82, 2.24) is 4.90 Å². The van der Waals surface area contributed by atoms with Gasteiger partial charge in [0.05, 0.1) is 14.2 Å². The van der Waals surface area contributed by atoms with Crippen molar-refractivity contribution in [2.24, 2.45) is 0 Å². The first kappa shape index (κ1) is 17.4. The van der Waals surface area contributed by atoms with Crippen LogP contribution in [0.1, 0.15) is 39.0 Å². The third kappa shape index (κ3) is 4.30. The van der Waals surface area contributed by atoms with E-state index < -0.39 is 0 Å². The van der Waals surface area contributed by atoms with Crippen LogP contribution >= 0.6 is 0 Å². The summed E-state index contributed by atoms with van der Waals surface area (Å²) in [6.45, 7) is 1.90. The Morgan fingerprint density at radius 2 is 1.83 bits per heavy atom. The van der Waals surface area contributed by atoms with E-state index in [1.165, 1.54) is 19.3 Å². The lowest BCUT2D eigenvalue weighted by atomic mass is 9.94. The molecule has 0 heterocycles. The molecular weight excluding hydrogens is 292 g/mol. The molecule has 1 aromatic carbocycles. The smallest absolute Gasteiger partial charge is 0.244 e. The zero-order valence-electron chi connectivity index (χ0n) is 14.6. The molecule has 0 spiro atoms. The van der Waals surface area contributed by atoms with Crippen LogP contribution in [0.25, 0.3) is 0 Å². The standard InChI is InChI=1S/C18H28N2O3/c1-13(18(21)20(2)15-8-6-5-7-9-15)19-14-10-11-16(22-3)17(12-14)23-4/h10-13,15,19H,5-9H2,1-4H3/t13-/m0/s1. The highest BCUT2D eigenvalue weighted by molar-refractivity contribution is 5.84. The molecule has 5 heteroatoms. The van der Waals surface area contributed by atoms with Gasteiger partial charge in [0.25, 0.3) is 0 Å². The Bertz CT molecular complexity index is 527. The van der Waals surface area contributed by atoms with E-state index in [9.17, 15) is 4.79 Å². The van der Waals surface area contributed by atoms with Crippen LogP contribution in [0.2, 0.25) is 0 Å². The third-order valence-corrected chi connectivity index (χ3v) is 4.61. The Morgan fingerprint density at radius 1 is 1.17 bits per heavy atom. The first-order valence-corrected chi connectivity index (χ1v) is 8.32. The maximum Gasteiger partial charge on any atom is 0.244 e. The van der Waals surface area contributed by atoms with Gasteiger partial charge >= 0.3 is 0 Å². The van der Waals surface area contributed by atoms with Crippen LogP contribution in [0, 0.1) is 0 Å². The van der Waals surface area contributed by atoms with Gasteiger partial charge in [-0.15, -0.1) is 0 Å². The second-order valence-electron chi connectivity index (χ2n) is 6.18. The van der Waals surface area contributed by atoms with Crippen LogP contribution in [0.3, 0.4) is 0 Å². The number of likely N-dealkylation sites (N-methyl/N-ethyl adjacent to an activating group) is 1. The van der Waals surface area contributed by atoms with Gasteiger partial charge in [-0.05, 0) is 31.9 Å².